The molecule has 1 aromatic carbocycles. The molecular formula is C18H24Cl2N4O. The molecule has 1 aliphatic heterocycles. The molecule has 1 atom stereocenters. The summed E-state index contributed by atoms with van der Waals surface area (Å²) >= 11 is 6.26. The molecular weight excluding hydrogens is 359 g/mol. The normalized spacial score (nSPS) is 15.3. The summed E-state index contributed by atoms with van der Waals surface area (Å²) in [5.74, 6) is 1.04. The maximum atomic E-state index is 11.6. The van der Waals surface area contributed by atoms with Crippen LogP contribution in [0.1, 0.15) is 37.8 Å². The molecule has 3 rings (SSSR count). The van der Waals surface area contributed by atoms with E-state index in [4.69, 9.17) is 17.3 Å². The lowest BCUT2D eigenvalue weighted by atomic mass is 10.1. The Morgan fingerprint density at radius 3 is 2.92 bits per heavy atom. The number of aromatic nitrogens is 1. The number of nitrogens with zero attached hydrogens (tertiary/aromatic N) is 2. The molecule has 1 fully saturated rings. The second kappa shape index (κ2) is 8.70. The van der Waals surface area contributed by atoms with Crippen molar-refractivity contribution in [3.8, 4) is 0 Å². The number of anilines is 1. The van der Waals surface area contributed by atoms with E-state index in [1.165, 1.54) is 0 Å². The number of benzene rings is 1. The molecule has 0 spiro atoms. The zero-order valence-corrected chi connectivity index (χ0v) is 15.9. The molecule has 3 N–H and O–H groups in total. The predicted molar refractivity (Wildman–Crippen MR) is 106 cm³/mol. The van der Waals surface area contributed by atoms with Gasteiger partial charge in [0.2, 0.25) is 5.91 Å². The Morgan fingerprint density at radius 2 is 2.24 bits per heavy atom. The molecule has 136 valence electrons. The number of pyridine rings is 1. The Balaban J connectivity index is 0.00000225. The summed E-state index contributed by atoms with van der Waals surface area (Å²) in [6, 6.07) is 7.67. The van der Waals surface area contributed by atoms with Gasteiger partial charge in [-0.05, 0) is 31.9 Å². The van der Waals surface area contributed by atoms with Gasteiger partial charge in [0.05, 0.1) is 10.5 Å². The molecule has 2 aromatic rings. The van der Waals surface area contributed by atoms with Crippen LogP contribution in [0.5, 0.6) is 0 Å². The fourth-order valence-electron chi connectivity index (χ4n) is 3.08. The minimum absolute atomic E-state index is 0. The molecule has 0 radical (unpaired) electrons. The van der Waals surface area contributed by atoms with Gasteiger partial charge in [-0.1, -0.05) is 23.7 Å². The van der Waals surface area contributed by atoms with Gasteiger partial charge in [0, 0.05) is 43.0 Å². The van der Waals surface area contributed by atoms with Crippen LogP contribution in [0.4, 0.5) is 5.82 Å². The van der Waals surface area contributed by atoms with Crippen LogP contribution in [0.15, 0.2) is 24.3 Å². The monoisotopic (exact) mass is 382 g/mol. The Morgan fingerprint density at radius 1 is 1.44 bits per heavy atom. The molecule has 1 aliphatic rings. The van der Waals surface area contributed by atoms with E-state index in [-0.39, 0.29) is 24.4 Å². The topological polar surface area (TPSA) is 71.2 Å². The van der Waals surface area contributed by atoms with Crippen LogP contribution >= 0.6 is 24.0 Å². The largest absolute Gasteiger partial charge is 0.370 e. The Bertz CT molecular complexity index is 751. The SMILES string of the molecule is CC(N)c1cc2cccc(Cl)c2nc1NCCCN1CCCC1=O.Cl. The molecule has 0 saturated carbocycles. The highest BCUT2D eigenvalue weighted by atomic mass is 35.5. The maximum Gasteiger partial charge on any atom is 0.222 e. The van der Waals surface area contributed by atoms with Crippen molar-refractivity contribution in [3.63, 3.8) is 0 Å². The third-order valence-electron chi connectivity index (χ3n) is 4.39. The summed E-state index contributed by atoms with van der Waals surface area (Å²) in [5.41, 5.74) is 7.85. The molecule has 1 amide bonds. The third-order valence-corrected chi connectivity index (χ3v) is 4.69. The van der Waals surface area contributed by atoms with E-state index < -0.39 is 0 Å². The minimum Gasteiger partial charge on any atom is -0.370 e. The molecule has 7 heteroatoms. The summed E-state index contributed by atoms with van der Waals surface area (Å²) in [5, 5.41) is 4.99. The van der Waals surface area contributed by atoms with E-state index in [1.807, 2.05) is 36.1 Å². The molecule has 2 heterocycles. The number of amides is 1. The summed E-state index contributed by atoms with van der Waals surface area (Å²) in [6.45, 7) is 4.36. The fourth-order valence-corrected chi connectivity index (χ4v) is 3.31. The van der Waals surface area contributed by atoms with Crippen molar-refractivity contribution in [1.29, 1.82) is 0 Å². The second-order valence-electron chi connectivity index (χ2n) is 6.29. The van der Waals surface area contributed by atoms with Gasteiger partial charge in [-0.2, -0.15) is 0 Å². The molecule has 1 unspecified atom stereocenters. The standard InChI is InChI=1S/C18H23ClN4O.ClH/c1-12(20)14-11-13-5-2-6-15(19)17(13)22-18(14)21-8-4-10-23-9-3-7-16(23)24;/h2,5-6,11-12H,3-4,7-10,20H2,1H3,(H,21,22);1H. The van der Waals surface area contributed by atoms with Crippen LogP contribution in [0.25, 0.3) is 10.9 Å². The highest BCUT2D eigenvalue weighted by Crippen LogP contribution is 2.28. The van der Waals surface area contributed by atoms with E-state index in [2.05, 4.69) is 10.3 Å². The molecule has 0 bridgehead atoms. The van der Waals surface area contributed by atoms with Crippen molar-refractivity contribution in [2.24, 2.45) is 5.73 Å². The Labute approximate surface area is 159 Å². The first-order valence-electron chi connectivity index (χ1n) is 8.42. The summed E-state index contributed by atoms with van der Waals surface area (Å²) in [7, 11) is 0. The summed E-state index contributed by atoms with van der Waals surface area (Å²) < 4.78 is 0. The lowest BCUT2D eigenvalue weighted by molar-refractivity contribution is -0.127. The van der Waals surface area contributed by atoms with Crippen molar-refractivity contribution in [3.05, 3.63) is 34.9 Å². The molecule has 1 aromatic heterocycles. The lowest BCUT2D eigenvalue weighted by Gasteiger charge is -2.18. The average molecular weight is 383 g/mol. The molecule has 25 heavy (non-hydrogen) atoms. The zero-order chi connectivity index (χ0) is 17.1. The van der Waals surface area contributed by atoms with Crippen LogP contribution in [0.2, 0.25) is 5.02 Å². The van der Waals surface area contributed by atoms with Crippen LogP contribution < -0.4 is 11.1 Å². The fraction of sp³-hybridized carbons (Fsp3) is 0.444. The number of hydrogen-bond acceptors (Lipinski definition) is 4. The summed E-state index contributed by atoms with van der Waals surface area (Å²) in [4.78, 5) is 18.2. The third kappa shape index (κ3) is 4.54. The van der Waals surface area contributed by atoms with Crippen molar-refractivity contribution in [2.45, 2.75) is 32.2 Å². The van der Waals surface area contributed by atoms with Gasteiger partial charge in [-0.25, -0.2) is 4.98 Å². The van der Waals surface area contributed by atoms with Crippen LogP contribution in [-0.4, -0.2) is 35.4 Å². The van der Waals surface area contributed by atoms with E-state index in [1.54, 1.807) is 0 Å². The number of carbonyl (C=O) groups is 1. The Kier molecular flexibility index (Phi) is 6.87. The first-order chi connectivity index (χ1) is 11.6. The van der Waals surface area contributed by atoms with Gasteiger partial charge in [0.25, 0.3) is 0 Å². The van der Waals surface area contributed by atoms with Gasteiger partial charge < -0.3 is 16.0 Å². The number of carbonyl (C=O) groups excluding carboxylic acids is 1. The van der Waals surface area contributed by atoms with Crippen LogP contribution in [-0.2, 0) is 4.79 Å². The second-order valence-corrected chi connectivity index (χ2v) is 6.70. The lowest BCUT2D eigenvalue weighted by Crippen LogP contribution is -2.27. The zero-order valence-electron chi connectivity index (χ0n) is 14.3. The number of para-hydroxylation sites is 1. The quantitative estimate of drug-likeness (QED) is 0.746. The highest BCUT2D eigenvalue weighted by molar-refractivity contribution is 6.35. The number of hydrogen-bond donors (Lipinski definition) is 2. The van der Waals surface area contributed by atoms with Crippen molar-refractivity contribution in [2.75, 3.05) is 25.0 Å². The average Bonchev–Trinajstić information content (AvgIpc) is 2.96. The van der Waals surface area contributed by atoms with E-state index in [9.17, 15) is 4.79 Å². The molecule has 0 aliphatic carbocycles. The number of nitrogens with two attached hydrogens (primary N) is 1. The number of halogens is 2. The first-order valence-corrected chi connectivity index (χ1v) is 8.80. The number of rotatable bonds is 6. The predicted octanol–water partition coefficient (Wildman–Crippen LogP) is 3.75. The smallest absolute Gasteiger partial charge is 0.222 e. The number of fused-ring (bicyclic) bond motifs is 1. The van der Waals surface area contributed by atoms with Crippen LogP contribution in [0.3, 0.4) is 0 Å². The van der Waals surface area contributed by atoms with Gasteiger partial charge >= 0.3 is 0 Å². The van der Waals surface area contributed by atoms with Crippen molar-refractivity contribution >= 4 is 46.6 Å². The molecule has 1 saturated heterocycles. The first kappa shape index (κ1) is 19.8. The Hall–Kier alpha value is -1.56. The molecule has 5 nitrogen and oxygen atoms in total. The van der Waals surface area contributed by atoms with Crippen LogP contribution in [0, 0.1) is 0 Å². The van der Waals surface area contributed by atoms with Gasteiger partial charge in [-0.3, -0.25) is 4.79 Å². The number of nitrogens with one attached hydrogen (secondary N) is 1. The highest BCUT2D eigenvalue weighted by Gasteiger charge is 2.19. The van der Waals surface area contributed by atoms with E-state index in [0.29, 0.717) is 11.4 Å². The van der Waals surface area contributed by atoms with E-state index >= 15 is 0 Å². The van der Waals surface area contributed by atoms with Gasteiger partial charge in [-0.15, -0.1) is 12.4 Å². The van der Waals surface area contributed by atoms with Gasteiger partial charge in [0.15, 0.2) is 0 Å². The number of likely N-dealkylation sites (tertiary alicyclic amines) is 1. The van der Waals surface area contributed by atoms with Crippen molar-refractivity contribution in [1.82, 2.24) is 9.88 Å². The minimum atomic E-state index is -0.122. The van der Waals surface area contributed by atoms with Gasteiger partial charge in [0.1, 0.15) is 5.82 Å². The van der Waals surface area contributed by atoms with Crippen molar-refractivity contribution < 1.29 is 4.79 Å². The maximum absolute atomic E-state index is 11.6. The van der Waals surface area contributed by atoms with E-state index in [0.717, 1.165) is 54.8 Å². The summed E-state index contributed by atoms with van der Waals surface area (Å²) in [6.07, 6.45) is 2.55.